The lowest BCUT2D eigenvalue weighted by Crippen LogP contribution is -2.23. The maximum atomic E-state index is 11.4. The number of methoxy groups -OCH3 is 2. The molecule has 1 heterocycles. The van der Waals surface area contributed by atoms with E-state index < -0.39 is 0 Å². The van der Waals surface area contributed by atoms with Crippen LogP contribution in [-0.2, 0) is 20.7 Å². The number of carbonyl (C=O) groups excluding carboxylic acids is 1. The fraction of sp³-hybridized carbons (Fsp3) is 0.400. The molecule has 0 fully saturated rings. The number of carbonyl (C=O) groups is 1. The fourth-order valence-electron chi connectivity index (χ4n) is 2.18. The van der Waals surface area contributed by atoms with E-state index in [9.17, 15) is 9.90 Å². The summed E-state index contributed by atoms with van der Waals surface area (Å²) < 4.78 is 15.3. The Morgan fingerprint density at radius 1 is 1.35 bits per heavy atom. The number of hydrogen-bond donors (Lipinski definition) is 1. The normalized spacial score (nSPS) is 18.2. The van der Waals surface area contributed by atoms with Gasteiger partial charge in [0.05, 0.1) is 20.3 Å². The zero-order valence-electron chi connectivity index (χ0n) is 11.6. The Morgan fingerprint density at radius 3 is 2.80 bits per heavy atom. The first-order chi connectivity index (χ1) is 9.62. The summed E-state index contributed by atoms with van der Waals surface area (Å²) in [5, 5.41) is 9.71. The Morgan fingerprint density at radius 2 is 2.15 bits per heavy atom. The number of hydrogen-bond acceptors (Lipinski definition) is 5. The van der Waals surface area contributed by atoms with Gasteiger partial charge in [-0.1, -0.05) is 6.07 Å². The van der Waals surface area contributed by atoms with E-state index in [0.29, 0.717) is 30.8 Å². The maximum Gasteiger partial charge on any atom is 0.334 e. The molecule has 0 saturated heterocycles. The second-order valence-electron chi connectivity index (χ2n) is 4.62. The SMILES string of the molecule is COC1=CC(=O)O[C@H](CCc2ccc(OC)c(O)c2)C1. The molecular formula is C15H18O5. The van der Waals surface area contributed by atoms with E-state index in [1.54, 1.807) is 19.2 Å². The number of esters is 1. The summed E-state index contributed by atoms with van der Waals surface area (Å²) in [7, 11) is 3.05. The predicted octanol–water partition coefficient (Wildman–Crippen LogP) is 2.18. The Hall–Kier alpha value is -2.17. The minimum Gasteiger partial charge on any atom is -0.504 e. The second-order valence-corrected chi connectivity index (χ2v) is 4.62. The van der Waals surface area contributed by atoms with Crippen molar-refractivity contribution in [3.63, 3.8) is 0 Å². The van der Waals surface area contributed by atoms with Crippen LogP contribution < -0.4 is 4.74 Å². The molecule has 20 heavy (non-hydrogen) atoms. The fourth-order valence-corrected chi connectivity index (χ4v) is 2.18. The van der Waals surface area contributed by atoms with E-state index >= 15 is 0 Å². The summed E-state index contributed by atoms with van der Waals surface area (Å²) in [6, 6.07) is 5.27. The van der Waals surface area contributed by atoms with Crippen LogP contribution in [0.5, 0.6) is 11.5 Å². The van der Waals surface area contributed by atoms with E-state index in [2.05, 4.69) is 0 Å². The molecule has 0 bridgehead atoms. The Kier molecular flexibility index (Phi) is 4.50. The lowest BCUT2D eigenvalue weighted by atomic mass is 10.0. The number of phenolic OH excluding ortho intramolecular Hbond substituents is 1. The molecule has 0 amide bonds. The van der Waals surface area contributed by atoms with Crippen LogP contribution in [0.4, 0.5) is 0 Å². The molecule has 0 spiro atoms. The van der Waals surface area contributed by atoms with E-state index in [0.717, 1.165) is 5.56 Å². The van der Waals surface area contributed by atoms with Crippen molar-refractivity contribution < 1.29 is 24.1 Å². The molecule has 1 aromatic carbocycles. The van der Waals surface area contributed by atoms with Gasteiger partial charge >= 0.3 is 5.97 Å². The zero-order chi connectivity index (χ0) is 14.5. The molecule has 0 aliphatic carbocycles. The highest BCUT2D eigenvalue weighted by Crippen LogP contribution is 2.27. The van der Waals surface area contributed by atoms with Gasteiger partial charge in [-0.3, -0.25) is 0 Å². The lowest BCUT2D eigenvalue weighted by molar-refractivity contribution is -0.145. The first-order valence-corrected chi connectivity index (χ1v) is 6.43. The monoisotopic (exact) mass is 278 g/mol. The van der Waals surface area contributed by atoms with Crippen LogP contribution in [0.1, 0.15) is 18.4 Å². The largest absolute Gasteiger partial charge is 0.504 e. The quantitative estimate of drug-likeness (QED) is 0.836. The van der Waals surface area contributed by atoms with Gasteiger partial charge in [-0.05, 0) is 30.5 Å². The topological polar surface area (TPSA) is 65.0 Å². The van der Waals surface area contributed by atoms with Gasteiger partial charge in [0.15, 0.2) is 11.5 Å². The van der Waals surface area contributed by atoms with Crippen LogP contribution in [-0.4, -0.2) is 31.4 Å². The van der Waals surface area contributed by atoms with Crippen molar-refractivity contribution in [2.75, 3.05) is 14.2 Å². The lowest BCUT2D eigenvalue weighted by Gasteiger charge is -2.22. The van der Waals surface area contributed by atoms with E-state index in [1.807, 2.05) is 6.07 Å². The predicted molar refractivity (Wildman–Crippen MR) is 72.6 cm³/mol. The van der Waals surface area contributed by atoms with Gasteiger partial charge in [0, 0.05) is 6.42 Å². The van der Waals surface area contributed by atoms with Crippen molar-refractivity contribution in [1.29, 1.82) is 0 Å². The molecule has 0 aromatic heterocycles. The average Bonchev–Trinajstić information content (AvgIpc) is 2.44. The summed E-state index contributed by atoms with van der Waals surface area (Å²) in [5.41, 5.74) is 0.966. The number of benzene rings is 1. The highest BCUT2D eigenvalue weighted by Gasteiger charge is 2.22. The number of ether oxygens (including phenoxy) is 3. The summed E-state index contributed by atoms with van der Waals surface area (Å²) in [5.74, 6) is 0.838. The first-order valence-electron chi connectivity index (χ1n) is 6.43. The molecule has 1 aromatic rings. The van der Waals surface area contributed by atoms with Crippen LogP contribution >= 0.6 is 0 Å². The van der Waals surface area contributed by atoms with E-state index in [-0.39, 0.29) is 17.8 Å². The number of phenols is 1. The number of rotatable bonds is 5. The highest BCUT2D eigenvalue weighted by atomic mass is 16.5. The van der Waals surface area contributed by atoms with Gasteiger partial charge < -0.3 is 19.3 Å². The minimum atomic E-state index is -0.365. The number of aromatic hydroxyl groups is 1. The molecular weight excluding hydrogens is 260 g/mol. The first kappa shape index (κ1) is 14.2. The van der Waals surface area contributed by atoms with E-state index in [1.165, 1.54) is 13.2 Å². The van der Waals surface area contributed by atoms with E-state index in [4.69, 9.17) is 14.2 Å². The van der Waals surface area contributed by atoms with Crippen molar-refractivity contribution >= 4 is 5.97 Å². The number of aryl methyl sites for hydroxylation is 1. The van der Waals surface area contributed by atoms with Gasteiger partial charge in [0.1, 0.15) is 11.9 Å². The summed E-state index contributed by atoms with van der Waals surface area (Å²) in [6.07, 6.45) is 3.15. The van der Waals surface area contributed by atoms with Crippen LogP contribution in [0.3, 0.4) is 0 Å². The minimum absolute atomic E-state index is 0.114. The smallest absolute Gasteiger partial charge is 0.334 e. The van der Waals surface area contributed by atoms with Crippen molar-refractivity contribution in [3.8, 4) is 11.5 Å². The number of cyclic esters (lactones) is 1. The van der Waals surface area contributed by atoms with Gasteiger partial charge in [0.2, 0.25) is 0 Å². The standard InChI is InChI=1S/C15H18O5/c1-18-12-8-11(20-15(17)9-12)5-3-10-4-6-14(19-2)13(16)7-10/h4,6-7,9,11,16H,3,5,8H2,1-2H3/t11-/m1/s1. The molecule has 5 heteroatoms. The Bertz CT molecular complexity index is 521. The van der Waals surface area contributed by atoms with Crippen LogP contribution in [0.25, 0.3) is 0 Å². The Labute approximate surface area is 117 Å². The van der Waals surface area contributed by atoms with Gasteiger partial charge in [-0.15, -0.1) is 0 Å². The van der Waals surface area contributed by atoms with Gasteiger partial charge in [-0.25, -0.2) is 4.79 Å². The summed E-state index contributed by atoms with van der Waals surface area (Å²) >= 11 is 0. The molecule has 0 unspecified atom stereocenters. The molecule has 1 N–H and O–H groups in total. The maximum absolute atomic E-state index is 11.4. The van der Waals surface area contributed by atoms with Crippen molar-refractivity contribution in [1.82, 2.24) is 0 Å². The molecule has 1 atom stereocenters. The van der Waals surface area contributed by atoms with Crippen molar-refractivity contribution in [3.05, 3.63) is 35.6 Å². The van der Waals surface area contributed by atoms with Crippen LogP contribution in [0, 0.1) is 0 Å². The third kappa shape index (κ3) is 3.44. The molecule has 1 aliphatic rings. The zero-order valence-corrected chi connectivity index (χ0v) is 11.6. The molecule has 5 nitrogen and oxygen atoms in total. The van der Waals surface area contributed by atoms with Crippen LogP contribution in [0.2, 0.25) is 0 Å². The second kappa shape index (κ2) is 6.32. The van der Waals surface area contributed by atoms with Crippen molar-refractivity contribution in [2.45, 2.75) is 25.4 Å². The van der Waals surface area contributed by atoms with Crippen molar-refractivity contribution in [2.24, 2.45) is 0 Å². The molecule has 108 valence electrons. The third-order valence-electron chi connectivity index (χ3n) is 3.25. The average molecular weight is 278 g/mol. The molecule has 1 aliphatic heterocycles. The highest BCUT2D eigenvalue weighted by molar-refractivity contribution is 5.83. The van der Waals surface area contributed by atoms with Crippen LogP contribution in [0.15, 0.2) is 30.0 Å². The molecule has 0 saturated carbocycles. The van der Waals surface area contributed by atoms with Gasteiger partial charge in [-0.2, -0.15) is 0 Å². The summed E-state index contributed by atoms with van der Waals surface area (Å²) in [4.78, 5) is 11.4. The third-order valence-corrected chi connectivity index (χ3v) is 3.25. The van der Waals surface area contributed by atoms with Gasteiger partial charge in [0.25, 0.3) is 0 Å². The molecule has 0 radical (unpaired) electrons. The molecule has 2 rings (SSSR count). The Balaban J connectivity index is 1.94. The summed E-state index contributed by atoms with van der Waals surface area (Å²) in [6.45, 7) is 0.